The van der Waals surface area contributed by atoms with Gasteiger partial charge in [0.15, 0.2) is 0 Å². The highest BCUT2D eigenvalue weighted by Gasteiger charge is 2.20. The van der Waals surface area contributed by atoms with Crippen molar-refractivity contribution in [2.24, 2.45) is 5.73 Å². The highest BCUT2D eigenvalue weighted by atomic mass is 15.1. The predicted octanol–water partition coefficient (Wildman–Crippen LogP) is 3.84. The average Bonchev–Trinajstić information content (AvgIpc) is 3.20. The Morgan fingerprint density at radius 2 is 1.90 bits per heavy atom. The number of nitrogens with one attached hydrogen (secondary N) is 1. The third kappa shape index (κ3) is 3.64. The van der Waals surface area contributed by atoms with E-state index in [0.717, 1.165) is 59.4 Å². The van der Waals surface area contributed by atoms with Gasteiger partial charge in [-0.1, -0.05) is 6.07 Å². The molecule has 0 amide bonds. The summed E-state index contributed by atoms with van der Waals surface area (Å²) in [4.78, 5) is 18.2. The second-order valence-corrected chi connectivity index (χ2v) is 8.01. The Morgan fingerprint density at radius 3 is 2.70 bits per heavy atom. The molecule has 7 heteroatoms. The van der Waals surface area contributed by atoms with Crippen LogP contribution in [0.2, 0.25) is 0 Å². The minimum Gasteiger partial charge on any atom is -0.351 e. The van der Waals surface area contributed by atoms with Gasteiger partial charge in [0.05, 0.1) is 17.6 Å². The third-order valence-electron chi connectivity index (χ3n) is 5.83. The molecule has 1 fully saturated rings. The van der Waals surface area contributed by atoms with Gasteiger partial charge in [-0.3, -0.25) is 9.38 Å². The lowest BCUT2D eigenvalue weighted by Crippen LogP contribution is -2.33. The van der Waals surface area contributed by atoms with Crippen LogP contribution in [0.3, 0.4) is 0 Å². The number of aromatic nitrogens is 5. The van der Waals surface area contributed by atoms with Crippen molar-refractivity contribution in [2.75, 3.05) is 5.32 Å². The molecule has 0 bridgehead atoms. The van der Waals surface area contributed by atoms with Gasteiger partial charge < -0.3 is 11.1 Å². The van der Waals surface area contributed by atoms with E-state index in [4.69, 9.17) is 10.7 Å². The zero-order chi connectivity index (χ0) is 20.5. The van der Waals surface area contributed by atoms with Gasteiger partial charge in [-0.2, -0.15) is 0 Å². The summed E-state index contributed by atoms with van der Waals surface area (Å²) in [6.07, 6.45) is 13.6. The number of pyridine rings is 2. The van der Waals surface area contributed by atoms with E-state index in [0.29, 0.717) is 18.0 Å². The van der Waals surface area contributed by atoms with Crippen molar-refractivity contribution < 1.29 is 0 Å². The SMILES string of the molecule is Cc1cnc(N[C@H]2CC[C@H](N)CC2)nc1-c1cnc2cc(-c3cccnc3)ccn12. The van der Waals surface area contributed by atoms with Crippen LogP contribution >= 0.6 is 0 Å². The molecule has 0 saturated heterocycles. The van der Waals surface area contributed by atoms with Crippen LogP contribution in [0.5, 0.6) is 0 Å². The highest BCUT2D eigenvalue weighted by molar-refractivity contribution is 5.70. The van der Waals surface area contributed by atoms with E-state index in [1.807, 2.05) is 43.8 Å². The van der Waals surface area contributed by atoms with E-state index >= 15 is 0 Å². The number of nitrogens with two attached hydrogens (primary N) is 1. The quantitative estimate of drug-likeness (QED) is 0.541. The van der Waals surface area contributed by atoms with E-state index in [-0.39, 0.29) is 0 Å². The Morgan fingerprint density at radius 1 is 1.03 bits per heavy atom. The number of rotatable bonds is 4. The number of imidazole rings is 1. The molecule has 4 heterocycles. The van der Waals surface area contributed by atoms with Gasteiger partial charge in [0.2, 0.25) is 5.95 Å². The molecule has 0 radical (unpaired) electrons. The topological polar surface area (TPSA) is 94.0 Å². The summed E-state index contributed by atoms with van der Waals surface area (Å²) in [7, 11) is 0. The van der Waals surface area contributed by atoms with E-state index in [1.165, 1.54) is 0 Å². The lowest BCUT2D eigenvalue weighted by Gasteiger charge is -2.26. The molecule has 7 nitrogen and oxygen atoms in total. The second kappa shape index (κ2) is 7.84. The normalized spacial score (nSPS) is 19.1. The first-order chi connectivity index (χ1) is 14.7. The Labute approximate surface area is 175 Å². The van der Waals surface area contributed by atoms with Gasteiger partial charge in [0.25, 0.3) is 0 Å². The van der Waals surface area contributed by atoms with E-state index < -0.39 is 0 Å². The number of hydrogen-bond acceptors (Lipinski definition) is 6. The fraction of sp³-hybridized carbons (Fsp3) is 0.304. The molecule has 1 aliphatic carbocycles. The van der Waals surface area contributed by atoms with Crippen molar-refractivity contribution in [3.8, 4) is 22.5 Å². The van der Waals surface area contributed by atoms with Crippen LogP contribution in [0.25, 0.3) is 28.2 Å². The van der Waals surface area contributed by atoms with Crippen molar-refractivity contribution in [3.63, 3.8) is 0 Å². The lowest BCUT2D eigenvalue weighted by molar-refractivity contribution is 0.410. The average molecular weight is 400 g/mol. The highest BCUT2D eigenvalue weighted by Crippen LogP contribution is 2.27. The summed E-state index contributed by atoms with van der Waals surface area (Å²) in [5.41, 5.74) is 11.9. The van der Waals surface area contributed by atoms with Crippen LogP contribution in [-0.4, -0.2) is 36.4 Å². The maximum Gasteiger partial charge on any atom is 0.223 e. The monoisotopic (exact) mass is 399 g/mol. The van der Waals surface area contributed by atoms with Gasteiger partial charge in [-0.15, -0.1) is 0 Å². The first-order valence-electron chi connectivity index (χ1n) is 10.4. The molecule has 0 aliphatic heterocycles. The van der Waals surface area contributed by atoms with Crippen LogP contribution in [-0.2, 0) is 0 Å². The Hall–Kier alpha value is -3.32. The van der Waals surface area contributed by atoms with Crippen molar-refractivity contribution in [1.82, 2.24) is 24.3 Å². The Balaban J connectivity index is 1.46. The van der Waals surface area contributed by atoms with Crippen molar-refractivity contribution in [3.05, 3.63) is 60.8 Å². The fourth-order valence-electron chi connectivity index (χ4n) is 4.09. The maximum atomic E-state index is 6.03. The first kappa shape index (κ1) is 18.7. The summed E-state index contributed by atoms with van der Waals surface area (Å²) in [5, 5.41) is 3.50. The summed E-state index contributed by atoms with van der Waals surface area (Å²) >= 11 is 0. The van der Waals surface area contributed by atoms with Gasteiger partial charge in [-0.05, 0) is 61.9 Å². The zero-order valence-corrected chi connectivity index (χ0v) is 17.0. The van der Waals surface area contributed by atoms with E-state index in [1.54, 1.807) is 6.20 Å². The van der Waals surface area contributed by atoms with Crippen molar-refractivity contribution in [1.29, 1.82) is 0 Å². The number of fused-ring (bicyclic) bond motifs is 1. The Bertz CT molecular complexity index is 1160. The molecule has 152 valence electrons. The molecule has 0 aromatic carbocycles. The largest absolute Gasteiger partial charge is 0.351 e. The summed E-state index contributed by atoms with van der Waals surface area (Å²) in [5.74, 6) is 0.665. The molecular formula is C23H25N7. The van der Waals surface area contributed by atoms with Crippen molar-refractivity contribution in [2.45, 2.75) is 44.7 Å². The number of hydrogen-bond donors (Lipinski definition) is 2. The summed E-state index contributed by atoms with van der Waals surface area (Å²) < 4.78 is 2.07. The number of anilines is 1. The summed E-state index contributed by atoms with van der Waals surface area (Å²) in [6.45, 7) is 2.03. The van der Waals surface area contributed by atoms with Crippen LogP contribution in [0.4, 0.5) is 5.95 Å². The molecular weight excluding hydrogens is 374 g/mol. The van der Waals surface area contributed by atoms with E-state index in [9.17, 15) is 0 Å². The van der Waals surface area contributed by atoms with Crippen molar-refractivity contribution >= 4 is 11.6 Å². The third-order valence-corrected chi connectivity index (χ3v) is 5.83. The van der Waals surface area contributed by atoms with Crippen LogP contribution in [0.1, 0.15) is 31.2 Å². The van der Waals surface area contributed by atoms with Crippen LogP contribution in [0.15, 0.2) is 55.2 Å². The molecule has 4 aromatic rings. The van der Waals surface area contributed by atoms with Gasteiger partial charge in [0.1, 0.15) is 5.65 Å². The molecule has 0 atom stereocenters. The second-order valence-electron chi connectivity index (χ2n) is 8.01. The lowest BCUT2D eigenvalue weighted by atomic mass is 9.92. The van der Waals surface area contributed by atoms with Crippen LogP contribution in [0, 0.1) is 6.92 Å². The van der Waals surface area contributed by atoms with E-state index in [2.05, 4.69) is 36.8 Å². The molecule has 4 aromatic heterocycles. The smallest absolute Gasteiger partial charge is 0.223 e. The zero-order valence-electron chi connectivity index (χ0n) is 17.0. The molecule has 5 rings (SSSR count). The van der Waals surface area contributed by atoms with Gasteiger partial charge >= 0.3 is 0 Å². The minimum absolute atomic E-state index is 0.326. The number of aryl methyl sites for hydroxylation is 1. The standard InChI is InChI=1S/C23H25N7/c1-15-12-27-23(28-19-6-4-18(24)5-7-19)29-22(15)20-14-26-21-11-16(8-10-30(20)21)17-3-2-9-25-13-17/h2-3,8-14,18-19H,4-7,24H2,1H3,(H,27,28,29)/t18-,19-. The fourth-order valence-corrected chi connectivity index (χ4v) is 4.09. The first-order valence-corrected chi connectivity index (χ1v) is 10.4. The minimum atomic E-state index is 0.326. The van der Waals surface area contributed by atoms with Crippen LogP contribution < -0.4 is 11.1 Å². The molecule has 30 heavy (non-hydrogen) atoms. The molecule has 1 aliphatic rings. The molecule has 1 saturated carbocycles. The molecule has 0 spiro atoms. The molecule has 3 N–H and O–H groups in total. The summed E-state index contributed by atoms with van der Waals surface area (Å²) in [6, 6.07) is 8.84. The molecule has 0 unspecified atom stereocenters. The predicted molar refractivity (Wildman–Crippen MR) is 118 cm³/mol. The van der Waals surface area contributed by atoms with Gasteiger partial charge in [0, 0.05) is 42.4 Å². The maximum absolute atomic E-state index is 6.03. The van der Waals surface area contributed by atoms with Gasteiger partial charge in [-0.25, -0.2) is 15.0 Å². The Kier molecular flexibility index (Phi) is 4.88. The number of nitrogens with zero attached hydrogens (tertiary/aromatic N) is 5.